The lowest BCUT2D eigenvalue weighted by Crippen LogP contribution is -2.43. The fourth-order valence-corrected chi connectivity index (χ4v) is 4.80. The number of hydrogen-bond donors (Lipinski definition) is 2. The van der Waals surface area contributed by atoms with Gasteiger partial charge in [0.2, 0.25) is 5.95 Å². The second kappa shape index (κ2) is 9.88. The smallest absolute Gasteiger partial charge is 0.255 e. The molecule has 32 heavy (non-hydrogen) atoms. The van der Waals surface area contributed by atoms with Gasteiger partial charge in [-0.2, -0.15) is 4.98 Å². The Balaban J connectivity index is 0.00000245. The third kappa shape index (κ3) is 4.45. The minimum absolute atomic E-state index is 0. The maximum atomic E-state index is 13.1. The molecular formula is C24H31ClN6O. The summed E-state index contributed by atoms with van der Waals surface area (Å²) in [7, 11) is 0. The van der Waals surface area contributed by atoms with Gasteiger partial charge in [0, 0.05) is 60.7 Å². The zero-order valence-electron chi connectivity index (χ0n) is 18.5. The Morgan fingerprint density at radius 1 is 1.12 bits per heavy atom. The summed E-state index contributed by atoms with van der Waals surface area (Å²) < 4.78 is 1.93. The highest BCUT2D eigenvalue weighted by Crippen LogP contribution is 2.31. The molecule has 0 atom stereocenters. The first-order valence-electron chi connectivity index (χ1n) is 11.5. The molecule has 7 nitrogen and oxygen atoms in total. The lowest BCUT2D eigenvalue weighted by Gasteiger charge is -2.29. The molecule has 5 rings (SSSR count). The predicted octanol–water partition coefficient (Wildman–Crippen LogP) is 4.04. The number of fused-ring (bicyclic) bond motifs is 1. The van der Waals surface area contributed by atoms with Crippen LogP contribution in [0, 0.1) is 0 Å². The molecule has 170 valence electrons. The highest BCUT2D eigenvalue weighted by atomic mass is 35.5. The number of rotatable bonds is 5. The molecule has 0 radical (unpaired) electrons. The quantitative estimate of drug-likeness (QED) is 0.606. The molecule has 1 aliphatic carbocycles. The molecule has 3 heterocycles. The van der Waals surface area contributed by atoms with Crippen molar-refractivity contribution in [2.45, 2.75) is 45.1 Å². The van der Waals surface area contributed by atoms with E-state index in [1.165, 1.54) is 18.5 Å². The average Bonchev–Trinajstić information content (AvgIpc) is 3.34. The summed E-state index contributed by atoms with van der Waals surface area (Å²) in [5.41, 5.74) is 3.86. The third-order valence-corrected chi connectivity index (χ3v) is 6.52. The van der Waals surface area contributed by atoms with Crippen LogP contribution in [0.25, 0.3) is 11.0 Å². The van der Waals surface area contributed by atoms with Crippen molar-refractivity contribution in [1.29, 1.82) is 0 Å². The van der Waals surface area contributed by atoms with Crippen LogP contribution >= 0.6 is 12.4 Å². The van der Waals surface area contributed by atoms with Gasteiger partial charge in [0.15, 0.2) is 0 Å². The highest BCUT2D eigenvalue weighted by Gasteiger charge is 2.22. The van der Waals surface area contributed by atoms with Crippen molar-refractivity contribution < 1.29 is 0 Å². The lowest BCUT2D eigenvalue weighted by molar-refractivity contribution is 0.513. The Morgan fingerprint density at radius 3 is 2.53 bits per heavy atom. The maximum absolute atomic E-state index is 13.1. The zero-order valence-corrected chi connectivity index (χ0v) is 19.3. The van der Waals surface area contributed by atoms with Crippen molar-refractivity contribution >= 4 is 40.8 Å². The second-order valence-electron chi connectivity index (χ2n) is 8.52. The molecule has 0 amide bonds. The Bertz CT molecular complexity index is 1120. The molecule has 1 saturated carbocycles. The van der Waals surface area contributed by atoms with Crippen molar-refractivity contribution in [3.8, 4) is 0 Å². The maximum Gasteiger partial charge on any atom is 0.255 e. The summed E-state index contributed by atoms with van der Waals surface area (Å²) in [6.45, 7) is 6.13. The van der Waals surface area contributed by atoms with Crippen molar-refractivity contribution in [2.75, 3.05) is 36.4 Å². The first kappa shape index (κ1) is 22.6. The summed E-state index contributed by atoms with van der Waals surface area (Å²) in [4.78, 5) is 24.8. The molecular weight excluding hydrogens is 424 g/mol. The van der Waals surface area contributed by atoms with Crippen molar-refractivity contribution in [3.63, 3.8) is 0 Å². The first-order valence-corrected chi connectivity index (χ1v) is 11.5. The van der Waals surface area contributed by atoms with Crippen LogP contribution in [0.3, 0.4) is 0 Å². The number of pyridine rings is 1. The SMILES string of the molecule is CCc1cc2cnc(Nc3ccc(N4CCNCC4)cc3)nc2n(C2CCCC2)c1=O.Cl. The first-order chi connectivity index (χ1) is 15.2. The lowest BCUT2D eigenvalue weighted by atomic mass is 10.1. The number of nitrogens with zero attached hydrogens (tertiary/aromatic N) is 4. The Hall–Kier alpha value is -2.64. The van der Waals surface area contributed by atoms with Crippen LogP contribution in [0.1, 0.15) is 44.2 Å². The number of piperazine rings is 1. The summed E-state index contributed by atoms with van der Waals surface area (Å²) in [6.07, 6.45) is 6.99. The fourth-order valence-electron chi connectivity index (χ4n) is 4.80. The third-order valence-electron chi connectivity index (χ3n) is 6.52. The normalized spacial score (nSPS) is 16.8. The zero-order chi connectivity index (χ0) is 21.2. The number of halogens is 1. The van der Waals surface area contributed by atoms with Crippen molar-refractivity contribution in [3.05, 3.63) is 52.4 Å². The fraction of sp³-hybridized carbons (Fsp3) is 0.458. The Kier molecular flexibility index (Phi) is 6.96. The van der Waals surface area contributed by atoms with E-state index in [2.05, 4.69) is 44.8 Å². The number of nitrogens with one attached hydrogen (secondary N) is 2. The second-order valence-corrected chi connectivity index (χ2v) is 8.52. The minimum Gasteiger partial charge on any atom is -0.369 e. The topological polar surface area (TPSA) is 75.1 Å². The van der Waals surface area contributed by atoms with E-state index in [9.17, 15) is 4.79 Å². The van der Waals surface area contributed by atoms with Gasteiger partial charge in [-0.1, -0.05) is 19.8 Å². The molecule has 0 bridgehead atoms. The molecule has 2 aliphatic rings. The summed E-state index contributed by atoms with van der Waals surface area (Å²) in [5, 5.41) is 7.64. The van der Waals surface area contributed by atoms with Gasteiger partial charge in [-0.05, 0) is 49.6 Å². The van der Waals surface area contributed by atoms with Crippen LogP contribution in [0.4, 0.5) is 17.3 Å². The van der Waals surface area contributed by atoms with Gasteiger partial charge in [-0.3, -0.25) is 9.36 Å². The van der Waals surface area contributed by atoms with Gasteiger partial charge in [-0.15, -0.1) is 12.4 Å². The molecule has 1 aliphatic heterocycles. The highest BCUT2D eigenvalue weighted by molar-refractivity contribution is 5.85. The molecule has 2 aromatic heterocycles. The number of hydrogen-bond acceptors (Lipinski definition) is 6. The van der Waals surface area contributed by atoms with Crippen molar-refractivity contribution in [1.82, 2.24) is 19.9 Å². The van der Waals surface area contributed by atoms with Crippen LogP contribution in [0.5, 0.6) is 0 Å². The Labute approximate surface area is 194 Å². The molecule has 2 fully saturated rings. The molecule has 1 saturated heterocycles. The number of benzene rings is 1. The minimum atomic E-state index is 0. The summed E-state index contributed by atoms with van der Waals surface area (Å²) >= 11 is 0. The van der Waals surface area contributed by atoms with E-state index in [0.717, 1.165) is 67.7 Å². The van der Waals surface area contributed by atoms with E-state index < -0.39 is 0 Å². The standard InChI is InChI=1S/C24H30N6O.ClH/c1-2-17-15-18-16-26-24(28-22(18)30(23(17)31)21-5-3-4-6-21)27-19-7-9-20(10-8-19)29-13-11-25-12-14-29;/h7-10,15-16,21,25H,2-6,11-14H2,1H3,(H,26,27,28);1H. The van der Waals surface area contributed by atoms with Gasteiger partial charge in [0.1, 0.15) is 5.65 Å². The molecule has 1 aromatic carbocycles. The van der Waals surface area contributed by atoms with E-state index in [1.54, 1.807) is 0 Å². The number of aryl methyl sites for hydroxylation is 1. The predicted molar refractivity (Wildman–Crippen MR) is 133 cm³/mol. The molecule has 0 spiro atoms. The monoisotopic (exact) mass is 454 g/mol. The van der Waals surface area contributed by atoms with Gasteiger partial charge in [-0.25, -0.2) is 4.98 Å². The number of aromatic nitrogens is 3. The van der Waals surface area contributed by atoms with Gasteiger partial charge >= 0.3 is 0 Å². The van der Waals surface area contributed by atoms with E-state index in [1.807, 2.05) is 23.8 Å². The molecule has 2 N–H and O–H groups in total. The van der Waals surface area contributed by atoms with Gasteiger partial charge in [0.05, 0.1) is 0 Å². The molecule has 3 aromatic rings. The van der Waals surface area contributed by atoms with Crippen molar-refractivity contribution in [2.24, 2.45) is 0 Å². The van der Waals surface area contributed by atoms with E-state index in [0.29, 0.717) is 5.95 Å². The summed E-state index contributed by atoms with van der Waals surface area (Å²) in [5.74, 6) is 0.526. The molecule has 8 heteroatoms. The molecule has 0 unspecified atom stereocenters. The van der Waals surface area contributed by atoms with Crippen LogP contribution in [-0.2, 0) is 6.42 Å². The average molecular weight is 455 g/mol. The van der Waals surface area contributed by atoms with E-state index >= 15 is 0 Å². The summed E-state index contributed by atoms with van der Waals surface area (Å²) in [6, 6.07) is 10.6. The Morgan fingerprint density at radius 2 is 1.84 bits per heavy atom. The largest absolute Gasteiger partial charge is 0.369 e. The number of anilines is 3. The van der Waals surface area contributed by atoms with Gasteiger partial charge in [0.25, 0.3) is 5.56 Å². The van der Waals surface area contributed by atoms with E-state index in [4.69, 9.17) is 4.98 Å². The van der Waals surface area contributed by atoms with Gasteiger partial charge < -0.3 is 15.5 Å². The van der Waals surface area contributed by atoms with Crippen LogP contribution < -0.4 is 21.1 Å². The van der Waals surface area contributed by atoms with Crippen LogP contribution in [0.15, 0.2) is 41.3 Å². The van der Waals surface area contributed by atoms with Crippen LogP contribution in [-0.4, -0.2) is 40.7 Å². The van der Waals surface area contributed by atoms with Crippen LogP contribution in [0.2, 0.25) is 0 Å². The van der Waals surface area contributed by atoms with E-state index in [-0.39, 0.29) is 24.0 Å².